The van der Waals surface area contributed by atoms with Gasteiger partial charge in [-0.15, -0.1) is 0 Å². The van der Waals surface area contributed by atoms with E-state index in [-0.39, 0.29) is 53.2 Å². The summed E-state index contributed by atoms with van der Waals surface area (Å²) >= 11 is 0. The van der Waals surface area contributed by atoms with E-state index in [1.807, 2.05) is 12.2 Å². The first-order valence-corrected chi connectivity index (χ1v) is 14.4. The van der Waals surface area contributed by atoms with Gasteiger partial charge in [-0.3, -0.25) is 14.4 Å². The number of epoxide rings is 1. The molecule has 3 saturated carbocycles. The molecule has 2 bridgehead atoms. The molecule has 4 unspecified atom stereocenters. The number of Topliss-reactive ketones (excluding diaryl/α,β-unsaturated/α-hetero) is 1. The van der Waals surface area contributed by atoms with Crippen LogP contribution in [0.2, 0.25) is 0 Å². The normalized spacial score (nSPS) is 45.1. The number of amides is 2. The predicted octanol–water partition coefficient (Wildman–Crippen LogP) is 2.85. The maximum atomic E-state index is 12.9. The van der Waals surface area contributed by atoms with E-state index >= 15 is 0 Å². The van der Waals surface area contributed by atoms with Crippen LogP contribution in [-0.4, -0.2) is 60.7 Å². The van der Waals surface area contributed by atoms with Crippen molar-refractivity contribution in [3.8, 4) is 0 Å². The second-order valence-electron chi connectivity index (χ2n) is 12.4. The lowest BCUT2D eigenvalue weighted by Gasteiger charge is -2.38. The van der Waals surface area contributed by atoms with E-state index in [0.29, 0.717) is 54.9 Å². The first-order chi connectivity index (χ1) is 18.3. The SMILES string of the molecule is CO[C@@H](C)C1C2[C@H](C[C@H]1C)C1C[C@H]3C=CC(O)=C4C(=O)N[C@@H](CCCNC(=O)C=CC[C@@H]3C1[C@H]1O[C@H]21)C4=O. The van der Waals surface area contributed by atoms with Crippen LogP contribution in [-0.2, 0) is 23.9 Å². The van der Waals surface area contributed by atoms with E-state index in [1.165, 1.54) is 6.42 Å². The van der Waals surface area contributed by atoms with E-state index in [0.717, 1.165) is 12.8 Å². The molecule has 6 aliphatic rings. The zero-order chi connectivity index (χ0) is 26.7. The third kappa shape index (κ3) is 4.24. The van der Waals surface area contributed by atoms with Gasteiger partial charge in [-0.05, 0) is 98.5 Å². The molecule has 3 aliphatic carbocycles. The average molecular weight is 525 g/mol. The molecule has 2 saturated heterocycles. The molecule has 3 N–H and O–H groups in total. The summed E-state index contributed by atoms with van der Waals surface area (Å²) in [6.45, 7) is 4.96. The molecule has 38 heavy (non-hydrogen) atoms. The molecule has 6 rings (SSSR count). The Morgan fingerprint density at radius 3 is 2.63 bits per heavy atom. The van der Waals surface area contributed by atoms with Gasteiger partial charge in [-0.2, -0.15) is 0 Å². The Labute approximate surface area is 224 Å². The monoisotopic (exact) mass is 524 g/mol. The summed E-state index contributed by atoms with van der Waals surface area (Å²) in [5.74, 6) is 2.16. The van der Waals surface area contributed by atoms with Gasteiger partial charge in [0.05, 0.1) is 24.4 Å². The second-order valence-corrected chi connectivity index (χ2v) is 12.4. The van der Waals surface area contributed by atoms with E-state index in [1.54, 1.807) is 19.3 Å². The summed E-state index contributed by atoms with van der Waals surface area (Å²) < 4.78 is 12.2. The number of aliphatic hydroxyl groups is 1. The molecule has 2 amide bonds. The van der Waals surface area contributed by atoms with Gasteiger partial charge in [0.15, 0.2) is 5.78 Å². The smallest absolute Gasteiger partial charge is 0.259 e. The molecule has 0 spiro atoms. The van der Waals surface area contributed by atoms with Gasteiger partial charge in [0.2, 0.25) is 5.91 Å². The van der Waals surface area contributed by atoms with E-state index < -0.39 is 11.9 Å². The van der Waals surface area contributed by atoms with Crippen LogP contribution in [0.3, 0.4) is 0 Å². The Morgan fingerprint density at radius 1 is 1.08 bits per heavy atom. The number of hydrogen-bond acceptors (Lipinski definition) is 6. The standard InChI is InChI=1S/C30H40N2O6/c1-14-12-18-19-13-16-9-10-21(33)26-27(35)20(32-30(26)36)7-5-11-31-22(34)8-4-6-17(16)24(19)28-29(38-28)25(18)23(14)15(2)37-3/h4,8-10,14-20,23-25,28-29,33H,5-7,11-13H2,1-3H3,(H,31,34)(H,32,36)/t14-,15+,16-,17+,18-,19?,20+,23?,24?,25?,28-,29-/m1/s1. The van der Waals surface area contributed by atoms with Crippen molar-refractivity contribution in [3.63, 3.8) is 0 Å². The second kappa shape index (κ2) is 9.94. The fraction of sp³-hybridized carbons (Fsp3) is 0.700. The van der Waals surface area contributed by atoms with Gasteiger partial charge in [0.25, 0.3) is 5.91 Å². The van der Waals surface area contributed by atoms with Crippen molar-refractivity contribution in [1.82, 2.24) is 10.6 Å². The molecule has 8 heteroatoms. The molecule has 0 radical (unpaired) electrons. The minimum Gasteiger partial charge on any atom is -0.507 e. The highest BCUT2D eigenvalue weighted by Gasteiger charge is 2.68. The Hall–Kier alpha value is -2.45. The number of rotatable bonds is 2. The topological polar surface area (TPSA) is 117 Å². The number of nitrogens with one attached hydrogen (secondary N) is 2. The maximum absolute atomic E-state index is 12.9. The summed E-state index contributed by atoms with van der Waals surface area (Å²) in [7, 11) is 1.80. The third-order valence-corrected chi connectivity index (χ3v) is 10.6. The Bertz CT molecular complexity index is 1100. The number of aliphatic hydroxyl groups excluding tert-OH is 1. The molecule has 206 valence electrons. The number of ether oxygens (including phenoxy) is 2. The van der Waals surface area contributed by atoms with Crippen molar-refractivity contribution in [3.05, 3.63) is 35.6 Å². The van der Waals surface area contributed by atoms with Crippen molar-refractivity contribution >= 4 is 17.6 Å². The summed E-state index contributed by atoms with van der Waals surface area (Å²) in [5, 5.41) is 16.4. The lowest BCUT2D eigenvalue weighted by atomic mass is 9.65. The fourth-order valence-electron chi connectivity index (χ4n) is 9.00. The molecule has 5 fully saturated rings. The zero-order valence-corrected chi connectivity index (χ0v) is 22.5. The number of fused-ring (bicyclic) bond motifs is 10. The summed E-state index contributed by atoms with van der Waals surface area (Å²) in [6, 6.07) is -0.664. The molecule has 0 aromatic carbocycles. The number of carbonyl (C=O) groups is 3. The summed E-state index contributed by atoms with van der Waals surface area (Å²) in [5.41, 5.74) is -0.152. The van der Waals surface area contributed by atoms with Gasteiger partial charge >= 0.3 is 0 Å². The number of hydrogen-bond donors (Lipinski definition) is 3. The van der Waals surface area contributed by atoms with Crippen molar-refractivity contribution in [2.45, 2.75) is 70.3 Å². The molecular weight excluding hydrogens is 484 g/mol. The zero-order valence-electron chi connectivity index (χ0n) is 22.5. The first-order valence-electron chi connectivity index (χ1n) is 14.4. The van der Waals surface area contributed by atoms with E-state index in [4.69, 9.17) is 9.47 Å². The average Bonchev–Trinajstić information content (AvgIpc) is 3.35. The summed E-state index contributed by atoms with van der Waals surface area (Å²) in [4.78, 5) is 37.8. The quantitative estimate of drug-likeness (QED) is 0.378. The van der Waals surface area contributed by atoms with Gasteiger partial charge in [0, 0.05) is 13.7 Å². The molecule has 12 atom stereocenters. The minimum atomic E-state index is -0.664. The van der Waals surface area contributed by atoms with Crippen LogP contribution in [0, 0.1) is 47.3 Å². The Balaban J connectivity index is 1.32. The van der Waals surface area contributed by atoms with Crippen molar-refractivity contribution in [2.75, 3.05) is 13.7 Å². The van der Waals surface area contributed by atoms with Gasteiger partial charge in [-0.25, -0.2) is 0 Å². The molecular formula is C30H40N2O6. The predicted molar refractivity (Wildman–Crippen MR) is 140 cm³/mol. The van der Waals surface area contributed by atoms with Gasteiger partial charge < -0.3 is 25.2 Å². The van der Waals surface area contributed by atoms with Crippen LogP contribution in [0.25, 0.3) is 0 Å². The van der Waals surface area contributed by atoms with Crippen molar-refractivity contribution < 1.29 is 29.0 Å². The number of ketones is 1. The number of allylic oxidation sites excluding steroid dienone is 3. The fourth-order valence-corrected chi connectivity index (χ4v) is 9.00. The highest BCUT2D eigenvalue weighted by molar-refractivity contribution is 6.27. The van der Waals surface area contributed by atoms with Crippen LogP contribution < -0.4 is 10.6 Å². The van der Waals surface area contributed by atoms with Crippen LogP contribution in [0.15, 0.2) is 35.6 Å². The first kappa shape index (κ1) is 25.8. The molecule has 0 aromatic rings. The van der Waals surface area contributed by atoms with Crippen LogP contribution in [0.1, 0.15) is 46.0 Å². The molecule has 3 aliphatic heterocycles. The van der Waals surface area contributed by atoms with E-state index in [9.17, 15) is 19.5 Å². The van der Waals surface area contributed by atoms with Crippen molar-refractivity contribution in [2.24, 2.45) is 47.3 Å². The largest absolute Gasteiger partial charge is 0.507 e. The van der Waals surface area contributed by atoms with Crippen LogP contribution in [0.5, 0.6) is 0 Å². The maximum Gasteiger partial charge on any atom is 0.259 e. The van der Waals surface area contributed by atoms with Gasteiger partial charge in [-0.1, -0.05) is 19.1 Å². The van der Waals surface area contributed by atoms with Crippen molar-refractivity contribution in [1.29, 1.82) is 0 Å². The highest BCUT2D eigenvalue weighted by Crippen LogP contribution is 2.66. The Kier molecular flexibility index (Phi) is 6.75. The molecule has 3 heterocycles. The lowest BCUT2D eigenvalue weighted by Crippen LogP contribution is -2.41. The molecule has 8 nitrogen and oxygen atoms in total. The number of methoxy groups -OCH3 is 1. The summed E-state index contributed by atoms with van der Waals surface area (Å²) in [6.07, 6.45) is 11.7. The Morgan fingerprint density at radius 2 is 1.84 bits per heavy atom. The highest BCUT2D eigenvalue weighted by atomic mass is 16.6. The van der Waals surface area contributed by atoms with Crippen LogP contribution in [0.4, 0.5) is 0 Å². The third-order valence-electron chi connectivity index (χ3n) is 10.6. The van der Waals surface area contributed by atoms with Crippen LogP contribution >= 0.6 is 0 Å². The molecule has 0 aromatic heterocycles. The number of carbonyl (C=O) groups excluding carboxylic acids is 3. The van der Waals surface area contributed by atoms with E-state index in [2.05, 4.69) is 24.5 Å². The minimum absolute atomic E-state index is 0.135. The van der Waals surface area contributed by atoms with Gasteiger partial charge in [0.1, 0.15) is 11.3 Å². The lowest BCUT2D eigenvalue weighted by molar-refractivity contribution is -0.118.